The number of benzene rings is 2. The summed E-state index contributed by atoms with van der Waals surface area (Å²) in [7, 11) is 2.02. The summed E-state index contributed by atoms with van der Waals surface area (Å²) in [5.41, 5.74) is 1.19. The van der Waals surface area contributed by atoms with Crippen molar-refractivity contribution in [2.75, 3.05) is 26.7 Å². The number of amides is 2. The Morgan fingerprint density at radius 1 is 1.16 bits per heavy atom. The van der Waals surface area contributed by atoms with Gasteiger partial charge < -0.3 is 15.1 Å². The molecule has 0 spiro atoms. The number of hydrogen-bond acceptors (Lipinski definition) is 2. The zero-order valence-corrected chi connectivity index (χ0v) is 14.1. The highest BCUT2D eigenvalue weighted by Gasteiger charge is 2.30. The van der Waals surface area contributed by atoms with E-state index in [9.17, 15) is 13.6 Å². The van der Waals surface area contributed by atoms with E-state index in [0.29, 0.717) is 6.54 Å². The lowest BCUT2D eigenvalue weighted by Crippen LogP contribution is -2.52. The van der Waals surface area contributed by atoms with E-state index < -0.39 is 11.6 Å². The maximum Gasteiger partial charge on any atom is 0.318 e. The van der Waals surface area contributed by atoms with Crippen LogP contribution in [0.25, 0.3) is 0 Å². The van der Waals surface area contributed by atoms with Crippen LogP contribution < -0.4 is 5.32 Å². The van der Waals surface area contributed by atoms with Crippen molar-refractivity contribution in [2.45, 2.75) is 12.6 Å². The van der Waals surface area contributed by atoms with E-state index in [1.807, 2.05) is 37.4 Å². The van der Waals surface area contributed by atoms with Gasteiger partial charge in [-0.15, -0.1) is 0 Å². The summed E-state index contributed by atoms with van der Waals surface area (Å²) in [5.74, 6) is -1.05. The number of hydrogen-bond donors (Lipinski definition) is 1. The van der Waals surface area contributed by atoms with Crippen molar-refractivity contribution in [3.63, 3.8) is 0 Å². The van der Waals surface area contributed by atoms with E-state index in [1.165, 1.54) is 0 Å². The van der Waals surface area contributed by atoms with E-state index >= 15 is 0 Å². The number of carbonyl (C=O) groups is 1. The van der Waals surface area contributed by atoms with Crippen molar-refractivity contribution >= 4 is 6.03 Å². The van der Waals surface area contributed by atoms with Crippen LogP contribution in [0.15, 0.2) is 48.5 Å². The monoisotopic (exact) mass is 345 g/mol. The molecular formula is C19H21F2N3O. The maximum atomic E-state index is 13.7. The fourth-order valence-electron chi connectivity index (χ4n) is 3.07. The van der Waals surface area contributed by atoms with Gasteiger partial charge in [-0.05, 0) is 30.8 Å². The van der Waals surface area contributed by atoms with Crippen LogP contribution in [0.1, 0.15) is 17.2 Å². The molecule has 2 aromatic carbocycles. The van der Waals surface area contributed by atoms with Crippen LogP contribution in [0.5, 0.6) is 0 Å². The summed E-state index contributed by atoms with van der Waals surface area (Å²) >= 11 is 0. The smallest absolute Gasteiger partial charge is 0.318 e. The second-order valence-electron chi connectivity index (χ2n) is 6.28. The molecule has 132 valence electrons. The Labute approximate surface area is 146 Å². The summed E-state index contributed by atoms with van der Waals surface area (Å²) in [5, 5.41) is 2.71. The van der Waals surface area contributed by atoms with Gasteiger partial charge >= 0.3 is 6.03 Å². The standard InChI is InChI=1S/C19H21F2N3O/c1-23-9-10-24(18(13-23)14-5-3-2-4-6-14)19(25)22-12-15-11-16(20)7-8-17(15)21/h2-8,11,18H,9-10,12-13H2,1H3,(H,22,25). The van der Waals surface area contributed by atoms with Crippen molar-refractivity contribution in [2.24, 2.45) is 0 Å². The minimum Gasteiger partial charge on any atom is -0.334 e. The van der Waals surface area contributed by atoms with Gasteiger partial charge in [-0.1, -0.05) is 30.3 Å². The molecule has 1 unspecified atom stereocenters. The Morgan fingerprint density at radius 2 is 1.92 bits per heavy atom. The lowest BCUT2D eigenvalue weighted by Gasteiger charge is -2.40. The number of urea groups is 1. The molecule has 2 aromatic rings. The van der Waals surface area contributed by atoms with Crippen LogP contribution in [-0.2, 0) is 6.54 Å². The first-order valence-corrected chi connectivity index (χ1v) is 8.26. The van der Waals surface area contributed by atoms with Crippen molar-refractivity contribution in [1.29, 1.82) is 0 Å². The number of rotatable bonds is 3. The van der Waals surface area contributed by atoms with Crippen molar-refractivity contribution in [3.8, 4) is 0 Å². The number of likely N-dealkylation sites (N-methyl/N-ethyl adjacent to an activating group) is 1. The summed E-state index contributed by atoms with van der Waals surface area (Å²) in [6, 6.07) is 12.7. The molecule has 1 atom stereocenters. The number of halogens is 2. The van der Waals surface area contributed by atoms with Gasteiger partial charge in [0.2, 0.25) is 0 Å². The SMILES string of the molecule is CN1CCN(C(=O)NCc2cc(F)ccc2F)C(c2ccccc2)C1. The fourth-order valence-corrected chi connectivity index (χ4v) is 3.07. The third kappa shape index (κ3) is 4.14. The molecule has 1 aliphatic heterocycles. The highest BCUT2D eigenvalue weighted by atomic mass is 19.1. The van der Waals surface area contributed by atoms with E-state index in [0.717, 1.165) is 36.9 Å². The molecule has 4 nitrogen and oxygen atoms in total. The third-order valence-electron chi connectivity index (χ3n) is 4.47. The topological polar surface area (TPSA) is 35.6 Å². The first-order chi connectivity index (χ1) is 12.0. The Kier molecular flexibility index (Phi) is 5.28. The van der Waals surface area contributed by atoms with Gasteiger partial charge in [0.05, 0.1) is 6.04 Å². The summed E-state index contributed by atoms with van der Waals surface area (Å²) in [6.45, 7) is 2.03. The lowest BCUT2D eigenvalue weighted by molar-refractivity contribution is 0.108. The second kappa shape index (κ2) is 7.61. The van der Waals surface area contributed by atoms with Crippen LogP contribution in [0.2, 0.25) is 0 Å². The van der Waals surface area contributed by atoms with Crippen molar-refractivity contribution in [3.05, 3.63) is 71.3 Å². The Hall–Kier alpha value is -2.47. The molecule has 0 saturated carbocycles. The Balaban J connectivity index is 1.72. The van der Waals surface area contributed by atoms with E-state index in [1.54, 1.807) is 4.90 Å². The number of nitrogens with zero attached hydrogens (tertiary/aromatic N) is 2. The molecule has 1 N–H and O–H groups in total. The minimum absolute atomic E-state index is 0.0454. The van der Waals surface area contributed by atoms with E-state index in [2.05, 4.69) is 10.2 Å². The van der Waals surface area contributed by atoms with Crippen LogP contribution >= 0.6 is 0 Å². The van der Waals surface area contributed by atoms with Gasteiger partial charge in [0.1, 0.15) is 11.6 Å². The molecule has 6 heteroatoms. The van der Waals surface area contributed by atoms with Gasteiger partial charge in [0.15, 0.2) is 0 Å². The van der Waals surface area contributed by atoms with Crippen LogP contribution in [0.3, 0.4) is 0 Å². The average molecular weight is 345 g/mol. The number of nitrogens with one attached hydrogen (secondary N) is 1. The van der Waals surface area contributed by atoms with E-state index in [4.69, 9.17) is 0 Å². The molecule has 3 rings (SSSR count). The predicted octanol–water partition coefficient (Wildman–Crippen LogP) is 3.16. The molecular weight excluding hydrogens is 324 g/mol. The molecule has 0 bridgehead atoms. The lowest BCUT2D eigenvalue weighted by atomic mass is 10.0. The molecule has 0 radical (unpaired) electrons. The molecule has 0 aromatic heterocycles. The largest absolute Gasteiger partial charge is 0.334 e. The molecule has 1 aliphatic rings. The van der Waals surface area contributed by atoms with Gasteiger partial charge in [-0.2, -0.15) is 0 Å². The highest BCUT2D eigenvalue weighted by molar-refractivity contribution is 5.75. The normalized spacial score (nSPS) is 18.2. The molecule has 1 saturated heterocycles. The summed E-state index contributed by atoms with van der Waals surface area (Å²) in [4.78, 5) is 16.6. The zero-order chi connectivity index (χ0) is 17.8. The zero-order valence-electron chi connectivity index (χ0n) is 14.1. The molecule has 2 amide bonds. The number of piperazine rings is 1. The van der Waals surface area contributed by atoms with Crippen molar-refractivity contribution < 1.29 is 13.6 Å². The fraction of sp³-hybridized carbons (Fsp3) is 0.316. The molecule has 0 aliphatic carbocycles. The van der Waals surface area contributed by atoms with Gasteiger partial charge in [0, 0.05) is 31.7 Å². The summed E-state index contributed by atoms with van der Waals surface area (Å²) in [6.07, 6.45) is 0. The van der Waals surface area contributed by atoms with Gasteiger partial charge in [-0.3, -0.25) is 0 Å². The van der Waals surface area contributed by atoms with Crippen LogP contribution in [0, 0.1) is 11.6 Å². The minimum atomic E-state index is -0.528. The van der Waals surface area contributed by atoms with Crippen molar-refractivity contribution in [1.82, 2.24) is 15.1 Å². The predicted molar refractivity (Wildman–Crippen MR) is 92.0 cm³/mol. The molecule has 1 fully saturated rings. The van der Waals surface area contributed by atoms with Crippen LogP contribution in [-0.4, -0.2) is 42.5 Å². The van der Waals surface area contributed by atoms with Gasteiger partial charge in [0.25, 0.3) is 0 Å². The van der Waals surface area contributed by atoms with Crippen LogP contribution in [0.4, 0.5) is 13.6 Å². The maximum absolute atomic E-state index is 13.7. The third-order valence-corrected chi connectivity index (χ3v) is 4.47. The quantitative estimate of drug-likeness (QED) is 0.927. The molecule has 25 heavy (non-hydrogen) atoms. The molecule has 1 heterocycles. The first-order valence-electron chi connectivity index (χ1n) is 8.26. The summed E-state index contributed by atoms with van der Waals surface area (Å²) < 4.78 is 27.0. The van der Waals surface area contributed by atoms with Gasteiger partial charge in [-0.25, -0.2) is 13.6 Å². The first kappa shape index (κ1) is 17.4. The Morgan fingerprint density at radius 3 is 2.68 bits per heavy atom. The average Bonchev–Trinajstić information content (AvgIpc) is 2.63. The number of carbonyl (C=O) groups excluding carboxylic acids is 1. The Bertz CT molecular complexity index is 739. The highest BCUT2D eigenvalue weighted by Crippen LogP contribution is 2.24. The second-order valence-corrected chi connectivity index (χ2v) is 6.28. The van der Waals surface area contributed by atoms with E-state index in [-0.39, 0.29) is 24.2 Å².